The van der Waals surface area contributed by atoms with Gasteiger partial charge in [-0.25, -0.2) is 0 Å². The number of piperidine rings is 1. The van der Waals surface area contributed by atoms with Gasteiger partial charge >= 0.3 is 0 Å². The smallest absolute Gasteiger partial charge is 0.257 e. The highest BCUT2D eigenvalue weighted by atomic mass is 16.5. The van der Waals surface area contributed by atoms with Crippen LogP contribution in [0.25, 0.3) is 0 Å². The van der Waals surface area contributed by atoms with E-state index in [2.05, 4.69) is 5.10 Å². The van der Waals surface area contributed by atoms with Gasteiger partial charge < -0.3 is 19.1 Å². The second-order valence-corrected chi connectivity index (χ2v) is 8.03. The zero-order valence-electron chi connectivity index (χ0n) is 17.1. The largest absolute Gasteiger partial charge is 0.376 e. The van der Waals surface area contributed by atoms with Crippen LogP contribution in [0.4, 0.5) is 0 Å². The first kappa shape index (κ1) is 20.3. The number of ether oxygens (including phenoxy) is 3. The van der Waals surface area contributed by atoms with E-state index < -0.39 is 0 Å². The summed E-state index contributed by atoms with van der Waals surface area (Å²) in [5, 5.41) is 4.28. The molecule has 1 atom stereocenters. The highest BCUT2D eigenvalue weighted by Crippen LogP contribution is 2.36. The van der Waals surface area contributed by atoms with Crippen molar-refractivity contribution in [1.29, 1.82) is 0 Å². The minimum absolute atomic E-state index is 0.0740. The van der Waals surface area contributed by atoms with Gasteiger partial charge in [0.2, 0.25) is 0 Å². The Morgan fingerprint density at radius 2 is 2.11 bits per heavy atom. The van der Waals surface area contributed by atoms with Gasteiger partial charge in [0.25, 0.3) is 5.91 Å². The van der Waals surface area contributed by atoms with Gasteiger partial charge in [0.15, 0.2) is 0 Å². The fourth-order valence-electron chi connectivity index (χ4n) is 4.07. The number of hydrogen-bond acceptors (Lipinski definition) is 5. The van der Waals surface area contributed by atoms with Crippen molar-refractivity contribution in [2.24, 2.45) is 7.05 Å². The Labute approximate surface area is 161 Å². The fraction of sp³-hybridized carbons (Fsp3) is 0.800. The molecule has 2 saturated heterocycles. The number of carbonyl (C=O) groups excluding carboxylic acids is 1. The van der Waals surface area contributed by atoms with E-state index in [-0.39, 0.29) is 23.7 Å². The average molecular weight is 380 g/mol. The summed E-state index contributed by atoms with van der Waals surface area (Å²) in [6.07, 6.45) is 5.82. The zero-order chi connectivity index (χ0) is 19.4. The lowest BCUT2D eigenvalue weighted by molar-refractivity contribution is -0.156. The Kier molecular flexibility index (Phi) is 6.55. The van der Waals surface area contributed by atoms with Gasteiger partial charge in [-0.3, -0.25) is 9.48 Å². The lowest BCUT2D eigenvalue weighted by Crippen LogP contribution is -2.52. The van der Waals surface area contributed by atoms with Crippen molar-refractivity contribution in [3.63, 3.8) is 0 Å². The Hall–Kier alpha value is -1.44. The summed E-state index contributed by atoms with van der Waals surface area (Å²) < 4.78 is 19.5. The summed E-state index contributed by atoms with van der Waals surface area (Å²) >= 11 is 0. The standard InChI is InChI=1S/C20H33N3O4/c1-15(2)25-11-12-26-17-5-10-27-20(13-17)6-8-23(9-7-20)19(24)18-14-22(4)21-16(18)3/h14-15,17H,5-13H2,1-4H3. The third kappa shape index (κ3) is 5.09. The van der Waals surface area contributed by atoms with Crippen LogP contribution < -0.4 is 0 Å². The number of nitrogens with zero attached hydrogens (tertiary/aromatic N) is 3. The highest BCUT2D eigenvalue weighted by molar-refractivity contribution is 5.95. The molecule has 152 valence electrons. The SMILES string of the molecule is Cc1nn(C)cc1C(=O)N1CCC2(CC1)CC(OCCOC(C)C)CCO2. The lowest BCUT2D eigenvalue weighted by Gasteiger charge is -2.46. The van der Waals surface area contributed by atoms with Gasteiger partial charge in [0.1, 0.15) is 0 Å². The number of aryl methyl sites for hydroxylation is 2. The van der Waals surface area contributed by atoms with Gasteiger partial charge in [-0.05, 0) is 40.0 Å². The van der Waals surface area contributed by atoms with Crippen molar-refractivity contribution in [2.45, 2.75) is 64.3 Å². The number of likely N-dealkylation sites (tertiary alicyclic amines) is 1. The van der Waals surface area contributed by atoms with Crippen LogP contribution in [0, 0.1) is 6.92 Å². The van der Waals surface area contributed by atoms with E-state index in [1.165, 1.54) is 0 Å². The summed E-state index contributed by atoms with van der Waals surface area (Å²) in [7, 11) is 1.84. The monoisotopic (exact) mass is 379 g/mol. The zero-order valence-corrected chi connectivity index (χ0v) is 17.1. The molecule has 1 aromatic rings. The van der Waals surface area contributed by atoms with E-state index >= 15 is 0 Å². The molecule has 2 aliphatic heterocycles. The third-order valence-electron chi connectivity index (χ3n) is 5.54. The molecule has 0 N–H and O–H groups in total. The molecule has 2 aliphatic rings. The van der Waals surface area contributed by atoms with Crippen LogP contribution in [-0.2, 0) is 21.3 Å². The summed E-state index contributed by atoms with van der Waals surface area (Å²) in [5.41, 5.74) is 1.33. The first-order chi connectivity index (χ1) is 12.9. The Morgan fingerprint density at radius 3 is 2.74 bits per heavy atom. The molecule has 0 saturated carbocycles. The van der Waals surface area contributed by atoms with Crippen LogP contribution in [0.3, 0.4) is 0 Å². The van der Waals surface area contributed by atoms with Crippen LogP contribution in [0.1, 0.15) is 55.6 Å². The molecular formula is C20H33N3O4. The summed E-state index contributed by atoms with van der Waals surface area (Å²) in [5.74, 6) is 0.0740. The lowest BCUT2D eigenvalue weighted by atomic mass is 9.83. The van der Waals surface area contributed by atoms with Crippen molar-refractivity contribution in [3.8, 4) is 0 Å². The van der Waals surface area contributed by atoms with Gasteiger partial charge in [0.05, 0.1) is 42.3 Å². The van der Waals surface area contributed by atoms with E-state index in [4.69, 9.17) is 14.2 Å². The molecule has 0 bridgehead atoms. The molecule has 3 heterocycles. The Morgan fingerprint density at radius 1 is 1.37 bits per heavy atom. The first-order valence-electron chi connectivity index (χ1n) is 10.1. The fourth-order valence-corrected chi connectivity index (χ4v) is 4.07. The van der Waals surface area contributed by atoms with Crippen molar-refractivity contribution in [2.75, 3.05) is 32.9 Å². The molecular weight excluding hydrogens is 346 g/mol. The molecule has 7 heteroatoms. The van der Waals surface area contributed by atoms with Gasteiger partial charge in [-0.15, -0.1) is 0 Å². The second-order valence-electron chi connectivity index (χ2n) is 8.03. The number of hydrogen-bond donors (Lipinski definition) is 0. The quantitative estimate of drug-likeness (QED) is 0.710. The van der Waals surface area contributed by atoms with Crippen molar-refractivity contribution in [1.82, 2.24) is 14.7 Å². The van der Waals surface area contributed by atoms with Crippen LogP contribution >= 0.6 is 0 Å². The van der Waals surface area contributed by atoms with Gasteiger partial charge in [-0.1, -0.05) is 0 Å². The topological polar surface area (TPSA) is 65.8 Å². The maximum atomic E-state index is 12.8. The van der Waals surface area contributed by atoms with Crippen LogP contribution in [0.15, 0.2) is 6.20 Å². The molecule has 0 aliphatic carbocycles. The summed E-state index contributed by atoms with van der Waals surface area (Å²) in [4.78, 5) is 14.7. The predicted molar refractivity (Wildman–Crippen MR) is 102 cm³/mol. The molecule has 1 aromatic heterocycles. The molecule has 3 rings (SSSR count). The number of aromatic nitrogens is 2. The molecule has 2 fully saturated rings. The Bertz CT molecular complexity index is 635. The van der Waals surface area contributed by atoms with E-state index in [1.807, 2.05) is 38.9 Å². The molecule has 1 unspecified atom stereocenters. The van der Waals surface area contributed by atoms with E-state index in [1.54, 1.807) is 4.68 Å². The molecule has 0 aromatic carbocycles. The molecule has 7 nitrogen and oxygen atoms in total. The molecule has 1 spiro atoms. The maximum Gasteiger partial charge on any atom is 0.257 e. The first-order valence-corrected chi connectivity index (χ1v) is 10.1. The second kappa shape index (κ2) is 8.71. The van der Waals surface area contributed by atoms with Crippen LogP contribution in [-0.4, -0.2) is 71.3 Å². The van der Waals surface area contributed by atoms with E-state index in [0.29, 0.717) is 18.8 Å². The van der Waals surface area contributed by atoms with Crippen molar-refractivity contribution >= 4 is 5.91 Å². The molecule has 0 radical (unpaired) electrons. The van der Waals surface area contributed by atoms with Gasteiger partial charge in [-0.2, -0.15) is 5.10 Å². The Balaban J connectivity index is 1.50. The summed E-state index contributed by atoms with van der Waals surface area (Å²) in [6, 6.07) is 0. The predicted octanol–water partition coefficient (Wildman–Crippen LogP) is 2.32. The minimum Gasteiger partial charge on any atom is -0.376 e. The molecule has 1 amide bonds. The number of carbonyl (C=O) groups is 1. The van der Waals surface area contributed by atoms with Crippen LogP contribution in [0.2, 0.25) is 0 Å². The van der Waals surface area contributed by atoms with Crippen molar-refractivity contribution in [3.05, 3.63) is 17.5 Å². The number of rotatable bonds is 6. The third-order valence-corrected chi connectivity index (χ3v) is 5.54. The number of amides is 1. The van der Waals surface area contributed by atoms with Crippen LogP contribution in [0.5, 0.6) is 0 Å². The van der Waals surface area contributed by atoms with Gasteiger partial charge in [0, 0.05) is 39.4 Å². The van der Waals surface area contributed by atoms with E-state index in [9.17, 15) is 4.79 Å². The highest BCUT2D eigenvalue weighted by Gasteiger charge is 2.41. The van der Waals surface area contributed by atoms with E-state index in [0.717, 1.165) is 51.1 Å². The minimum atomic E-state index is -0.150. The summed E-state index contributed by atoms with van der Waals surface area (Å²) in [6.45, 7) is 9.38. The average Bonchev–Trinajstić information content (AvgIpc) is 2.97. The normalized spacial score (nSPS) is 22.6. The van der Waals surface area contributed by atoms with Crippen molar-refractivity contribution < 1.29 is 19.0 Å². The molecule has 27 heavy (non-hydrogen) atoms. The maximum absolute atomic E-state index is 12.8.